The maximum Gasteiger partial charge on any atom is 0.225 e. The highest BCUT2D eigenvalue weighted by molar-refractivity contribution is 6.33. The smallest absolute Gasteiger partial charge is 0.225 e. The monoisotopic (exact) mass is 958 g/mol. The Morgan fingerprint density at radius 1 is 0.574 bits per heavy atom. The maximum atomic E-state index is 6.50. The van der Waals surface area contributed by atoms with E-state index in [0.717, 1.165) is 124 Å². The third kappa shape index (κ3) is 11.8. The van der Waals surface area contributed by atoms with E-state index in [1.54, 1.807) is 28.4 Å². The Morgan fingerprint density at radius 3 is 1.43 bits per heavy atom. The fraction of sp³-hybridized carbons (Fsp3) is 0.551. The second kappa shape index (κ2) is 23.7. The molecular weight excluding hydrogens is 892 g/mol. The molecule has 3 N–H and O–H groups in total. The van der Waals surface area contributed by atoms with Crippen molar-refractivity contribution in [2.45, 2.75) is 58.2 Å². The number of halogens is 1. The highest BCUT2D eigenvalue weighted by atomic mass is 35.5. The third-order valence-electron chi connectivity index (χ3n) is 12.6. The number of likely N-dealkylation sites (tertiary alicyclic amines) is 1. The molecule has 3 aromatic carbocycles. The molecule has 0 bridgehead atoms. The number of fused-ring (bicyclic) bond motifs is 2. The van der Waals surface area contributed by atoms with Gasteiger partial charge in [0.1, 0.15) is 28.2 Å². The summed E-state index contributed by atoms with van der Waals surface area (Å²) in [6.07, 6.45) is 4.09. The number of anilines is 4. The van der Waals surface area contributed by atoms with Crippen LogP contribution < -0.4 is 54.2 Å². The van der Waals surface area contributed by atoms with Gasteiger partial charge in [-0.3, -0.25) is 4.90 Å². The van der Waals surface area contributed by atoms with E-state index >= 15 is 0 Å². The topological polar surface area (TPSA) is 171 Å². The van der Waals surface area contributed by atoms with Gasteiger partial charge in [-0.05, 0) is 82.4 Å². The summed E-state index contributed by atoms with van der Waals surface area (Å²) in [5, 5.41) is 13.0. The molecule has 0 saturated carbocycles. The fourth-order valence-electron chi connectivity index (χ4n) is 9.10. The Labute approximate surface area is 404 Å². The van der Waals surface area contributed by atoms with Crippen LogP contribution in [-0.2, 0) is 16.0 Å². The molecule has 19 heteroatoms. The first-order valence-electron chi connectivity index (χ1n) is 23.9. The lowest BCUT2D eigenvalue weighted by Crippen LogP contribution is -2.39. The van der Waals surface area contributed by atoms with Gasteiger partial charge in [-0.1, -0.05) is 11.6 Å². The van der Waals surface area contributed by atoms with E-state index in [1.807, 2.05) is 50.2 Å². The van der Waals surface area contributed by atoms with Gasteiger partial charge in [0, 0.05) is 80.8 Å². The Kier molecular flexibility index (Phi) is 17.0. The fourth-order valence-corrected chi connectivity index (χ4v) is 9.32. The van der Waals surface area contributed by atoms with Gasteiger partial charge >= 0.3 is 0 Å². The number of morpholine rings is 2. The van der Waals surface area contributed by atoms with Crippen LogP contribution in [0.2, 0.25) is 5.02 Å². The first kappa shape index (κ1) is 48.9. The highest BCUT2D eigenvalue weighted by Gasteiger charge is 2.25. The molecule has 0 amide bonds. The van der Waals surface area contributed by atoms with Gasteiger partial charge < -0.3 is 63.6 Å². The van der Waals surface area contributed by atoms with Gasteiger partial charge in [0.2, 0.25) is 11.9 Å². The van der Waals surface area contributed by atoms with Crippen LogP contribution >= 0.6 is 11.6 Å². The maximum absolute atomic E-state index is 6.50. The van der Waals surface area contributed by atoms with Crippen molar-refractivity contribution in [3.05, 3.63) is 47.0 Å². The number of benzene rings is 3. The molecule has 0 radical (unpaired) electrons. The van der Waals surface area contributed by atoms with E-state index in [-0.39, 0.29) is 6.04 Å². The van der Waals surface area contributed by atoms with Gasteiger partial charge in [0.25, 0.3) is 0 Å². The van der Waals surface area contributed by atoms with Gasteiger partial charge in [-0.25, -0.2) is 9.97 Å². The number of ether oxygens (including phenoxy) is 8. The first-order chi connectivity index (χ1) is 33.3. The summed E-state index contributed by atoms with van der Waals surface area (Å²) in [5.74, 6) is 7.11. The van der Waals surface area contributed by atoms with Gasteiger partial charge in [0.05, 0.1) is 79.1 Å². The molecule has 4 aliphatic heterocycles. The third-order valence-corrected chi connectivity index (χ3v) is 13.0. The summed E-state index contributed by atoms with van der Waals surface area (Å²) in [6, 6.07) is 12.5. The number of hydrogen-bond donors (Lipinski definition) is 3. The molecule has 4 saturated heterocycles. The van der Waals surface area contributed by atoms with Gasteiger partial charge in [-0.15, -0.1) is 0 Å². The quantitative estimate of drug-likeness (QED) is 0.0959. The Balaban J connectivity index is 0.000000200. The largest absolute Gasteiger partial charge is 0.493 e. The van der Waals surface area contributed by atoms with Crippen LogP contribution in [-0.4, -0.2) is 157 Å². The van der Waals surface area contributed by atoms with Crippen LogP contribution in [0.3, 0.4) is 0 Å². The van der Waals surface area contributed by atoms with Crippen molar-refractivity contribution in [2.24, 2.45) is 0 Å². The first-order valence-corrected chi connectivity index (χ1v) is 24.3. The summed E-state index contributed by atoms with van der Waals surface area (Å²) in [7, 11) is 6.57. The molecular formula is C49H67ClN10O8. The molecule has 6 heterocycles. The minimum absolute atomic E-state index is 0.268. The number of methoxy groups -OCH3 is 4. The van der Waals surface area contributed by atoms with Crippen molar-refractivity contribution in [2.75, 3.05) is 141 Å². The van der Waals surface area contributed by atoms with E-state index in [9.17, 15) is 0 Å². The van der Waals surface area contributed by atoms with Crippen molar-refractivity contribution in [3.8, 4) is 34.5 Å². The van der Waals surface area contributed by atoms with Crippen molar-refractivity contribution in [3.63, 3.8) is 0 Å². The number of rotatable bonds is 16. The molecule has 368 valence electrons. The molecule has 0 spiro atoms. The average Bonchev–Trinajstić information content (AvgIpc) is 3.38. The predicted molar refractivity (Wildman–Crippen MR) is 267 cm³/mol. The molecule has 0 aliphatic carbocycles. The molecule has 4 fully saturated rings. The lowest BCUT2D eigenvalue weighted by Gasteiger charge is -2.33. The number of hydrogen-bond acceptors (Lipinski definition) is 18. The van der Waals surface area contributed by atoms with E-state index in [2.05, 4.69) is 30.7 Å². The van der Waals surface area contributed by atoms with Gasteiger partial charge in [0.15, 0.2) is 23.0 Å². The summed E-state index contributed by atoms with van der Waals surface area (Å²) in [6.45, 7) is 15.7. The Bertz CT molecular complexity index is 2420. The van der Waals surface area contributed by atoms with Crippen LogP contribution in [0.25, 0.3) is 21.8 Å². The second-order valence-corrected chi connectivity index (χ2v) is 17.4. The van der Waals surface area contributed by atoms with E-state index < -0.39 is 0 Å². The summed E-state index contributed by atoms with van der Waals surface area (Å²) in [5.41, 5.74) is 2.79. The Hall–Kier alpha value is -5.53. The average molecular weight is 960 g/mol. The summed E-state index contributed by atoms with van der Waals surface area (Å²) in [4.78, 5) is 26.5. The molecule has 9 rings (SSSR count). The molecule has 5 aromatic rings. The van der Waals surface area contributed by atoms with Crippen LogP contribution in [0.1, 0.15) is 45.1 Å². The molecule has 4 aliphatic rings. The van der Waals surface area contributed by atoms with Crippen molar-refractivity contribution < 1.29 is 37.9 Å². The van der Waals surface area contributed by atoms with E-state index in [0.29, 0.717) is 97.1 Å². The van der Waals surface area contributed by atoms with E-state index in [4.69, 9.17) is 69.4 Å². The zero-order valence-electron chi connectivity index (χ0n) is 40.3. The number of piperidine rings is 2. The van der Waals surface area contributed by atoms with Crippen molar-refractivity contribution in [1.82, 2.24) is 30.2 Å². The Morgan fingerprint density at radius 2 is 1.00 bits per heavy atom. The van der Waals surface area contributed by atoms with Crippen molar-refractivity contribution in [1.29, 1.82) is 0 Å². The van der Waals surface area contributed by atoms with Crippen LogP contribution in [0, 0.1) is 0 Å². The van der Waals surface area contributed by atoms with Crippen molar-refractivity contribution >= 4 is 56.9 Å². The van der Waals surface area contributed by atoms with Crippen LogP contribution in [0.5, 0.6) is 34.5 Å². The lowest BCUT2D eigenvalue weighted by molar-refractivity contribution is 0.122. The highest BCUT2D eigenvalue weighted by Crippen LogP contribution is 2.39. The number of nitrogens with one attached hydrogen (secondary N) is 3. The minimum atomic E-state index is 0.268. The van der Waals surface area contributed by atoms with Gasteiger partial charge in [-0.2, -0.15) is 9.97 Å². The molecule has 2 aromatic heterocycles. The van der Waals surface area contributed by atoms with Crippen LogP contribution in [0.15, 0.2) is 36.4 Å². The summed E-state index contributed by atoms with van der Waals surface area (Å²) < 4.78 is 44.7. The summed E-state index contributed by atoms with van der Waals surface area (Å²) >= 11 is 6.50. The standard InChI is InChI=1S/C30H40ClN5O5.C19H27N5O3/c1-5-40-26-15-20(16-27(28(26)31)41-6-2)19-35-9-7-21(8-10-35)32-30-33-23-18-25(38-4)24(37-3)17-22(23)29(34-30)36-11-13-39-14-12-36;1-25-16-11-14-15(12-17(16)26-2)22-19(21-13-3-5-20-6-4-13)23-18(14)24-7-9-27-10-8-24/h15-18,21H,5-14,19H2,1-4H3,(H,32,33,34);11-13,20H,3-10H2,1-2H3,(H,21,22,23). The molecule has 68 heavy (non-hydrogen) atoms. The number of nitrogens with zero attached hydrogens (tertiary/aromatic N) is 7. The zero-order chi connectivity index (χ0) is 47.4. The van der Waals surface area contributed by atoms with Crippen LogP contribution in [0.4, 0.5) is 23.5 Å². The SMILES string of the molecule is CCOc1cc(CN2CCC(Nc3nc(N4CCOCC4)c4cc(OC)c(OC)cc4n3)CC2)cc(OCC)c1Cl.COc1cc2nc(NC3CCNCC3)nc(N3CCOCC3)c2cc1OC. The molecule has 0 atom stereocenters. The van der Waals surface area contributed by atoms with E-state index in [1.165, 1.54) is 0 Å². The predicted octanol–water partition coefficient (Wildman–Crippen LogP) is 6.66. The number of aromatic nitrogens is 4. The zero-order valence-corrected chi connectivity index (χ0v) is 41.1. The molecule has 18 nitrogen and oxygen atoms in total. The molecule has 0 unspecified atom stereocenters. The second-order valence-electron chi connectivity index (χ2n) is 17.0. The lowest BCUT2D eigenvalue weighted by atomic mass is 10.0. The normalized spacial score (nSPS) is 17.3. The minimum Gasteiger partial charge on any atom is -0.493 e.